The summed E-state index contributed by atoms with van der Waals surface area (Å²) in [6.07, 6.45) is 3.51. The van der Waals surface area contributed by atoms with E-state index in [2.05, 4.69) is 33.5 Å². The van der Waals surface area contributed by atoms with E-state index in [1.54, 1.807) is 13.1 Å². The third-order valence-corrected chi connectivity index (χ3v) is 3.45. The van der Waals surface area contributed by atoms with Gasteiger partial charge in [-0.2, -0.15) is 5.26 Å². The van der Waals surface area contributed by atoms with E-state index in [-0.39, 0.29) is 0 Å². The lowest BCUT2D eigenvalue weighted by Crippen LogP contribution is -1.99. The van der Waals surface area contributed by atoms with Gasteiger partial charge in [0.2, 0.25) is 0 Å². The minimum atomic E-state index is 0.384. The van der Waals surface area contributed by atoms with Crippen LogP contribution in [-0.4, -0.2) is 17.0 Å². The van der Waals surface area contributed by atoms with Crippen LogP contribution in [0.1, 0.15) is 23.2 Å². The van der Waals surface area contributed by atoms with Crippen molar-refractivity contribution >= 4 is 5.82 Å². The fraction of sp³-hybridized carbons (Fsp3) is 0.267. The first-order valence-electron chi connectivity index (χ1n) is 6.39. The molecule has 1 aliphatic carbocycles. The van der Waals surface area contributed by atoms with Gasteiger partial charge >= 0.3 is 0 Å². The minimum Gasteiger partial charge on any atom is -0.373 e. The average molecular weight is 250 g/mol. The summed E-state index contributed by atoms with van der Waals surface area (Å²) in [5.74, 6) is 1.28. The van der Waals surface area contributed by atoms with Crippen LogP contribution in [0.25, 0.3) is 11.4 Å². The van der Waals surface area contributed by atoms with Crippen molar-refractivity contribution in [3.63, 3.8) is 0 Å². The zero-order chi connectivity index (χ0) is 13.2. The summed E-state index contributed by atoms with van der Waals surface area (Å²) in [6, 6.07) is 10.1. The van der Waals surface area contributed by atoms with Crippen molar-refractivity contribution in [1.82, 2.24) is 9.97 Å². The monoisotopic (exact) mass is 250 g/mol. The van der Waals surface area contributed by atoms with Crippen LogP contribution in [0, 0.1) is 11.3 Å². The highest BCUT2D eigenvalue weighted by molar-refractivity contribution is 5.61. The van der Waals surface area contributed by atoms with Gasteiger partial charge in [-0.05, 0) is 36.5 Å². The number of benzene rings is 1. The van der Waals surface area contributed by atoms with Crippen LogP contribution in [-0.2, 0) is 12.8 Å². The van der Waals surface area contributed by atoms with E-state index >= 15 is 0 Å². The highest BCUT2D eigenvalue weighted by Crippen LogP contribution is 2.27. The molecule has 0 bridgehead atoms. The zero-order valence-electron chi connectivity index (χ0n) is 10.8. The van der Waals surface area contributed by atoms with Crippen LogP contribution in [0.5, 0.6) is 0 Å². The Bertz CT molecular complexity index is 670. The summed E-state index contributed by atoms with van der Waals surface area (Å²) >= 11 is 0. The Morgan fingerprint density at radius 2 is 2.00 bits per heavy atom. The Hall–Kier alpha value is -2.41. The van der Waals surface area contributed by atoms with Crippen molar-refractivity contribution < 1.29 is 0 Å². The number of hydrogen-bond donors (Lipinski definition) is 1. The van der Waals surface area contributed by atoms with Crippen molar-refractivity contribution in [2.75, 3.05) is 12.4 Å². The molecule has 0 saturated carbocycles. The molecule has 0 saturated heterocycles. The first kappa shape index (κ1) is 11.7. The second-order valence-corrected chi connectivity index (χ2v) is 4.66. The lowest BCUT2D eigenvalue weighted by Gasteiger charge is -2.06. The molecular formula is C15H14N4. The minimum absolute atomic E-state index is 0.384. The maximum Gasteiger partial charge on any atom is 0.162 e. The van der Waals surface area contributed by atoms with Crippen molar-refractivity contribution in [2.45, 2.75) is 19.3 Å². The highest BCUT2D eigenvalue weighted by Gasteiger charge is 2.13. The smallest absolute Gasteiger partial charge is 0.162 e. The van der Waals surface area contributed by atoms with Gasteiger partial charge < -0.3 is 5.32 Å². The summed E-state index contributed by atoms with van der Waals surface area (Å²) in [7, 11) is 1.79. The van der Waals surface area contributed by atoms with Crippen LogP contribution >= 0.6 is 0 Å². The quantitative estimate of drug-likeness (QED) is 0.889. The summed E-state index contributed by atoms with van der Waals surface area (Å²) in [6.45, 7) is 0. The zero-order valence-corrected chi connectivity index (χ0v) is 10.8. The average Bonchev–Trinajstić information content (AvgIpc) is 2.94. The summed E-state index contributed by atoms with van der Waals surface area (Å²) in [5, 5.41) is 12.0. The molecule has 1 aromatic heterocycles. The van der Waals surface area contributed by atoms with E-state index in [1.807, 2.05) is 6.07 Å². The second-order valence-electron chi connectivity index (χ2n) is 4.66. The Morgan fingerprint density at radius 3 is 2.79 bits per heavy atom. The number of hydrogen-bond acceptors (Lipinski definition) is 4. The molecule has 19 heavy (non-hydrogen) atoms. The van der Waals surface area contributed by atoms with Gasteiger partial charge in [-0.3, -0.25) is 0 Å². The molecule has 94 valence electrons. The van der Waals surface area contributed by atoms with Gasteiger partial charge in [-0.25, -0.2) is 9.97 Å². The predicted octanol–water partition coefficient (Wildman–Crippen LogP) is 2.55. The molecule has 3 rings (SSSR count). The SMILES string of the molecule is CNc1cc(C#N)nc(-c2ccc3c(c2)CCC3)n1. The number of rotatable bonds is 2. The number of aromatic nitrogens is 2. The topological polar surface area (TPSA) is 61.6 Å². The lowest BCUT2D eigenvalue weighted by molar-refractivity contribution is 0.912. The second kappa shape index (κ2) is 4.69. The molecule has 1 heterocycles. The van der Waals surface area contributed by atoms with E-state index in [0.29, 0.717) is 17.3 Å². The molecule has 1 aromatic carbocycles. The summed E-state index contributed by atoms with van der Waals surface area (Å²) in [5.41, 5.74) is 4.17. The Balaban J connectivity index is 2.09. The molecular weight excluding hydrogens is 236 g/mol. The van der Waals surface area contributed by atoms with Gasteiger partial charge in [-0.1, -0.05) is 12.1 Å². The Labute approximate surface area is 112 Å². The molecule has 0 unspecified atom stereocenters. The van der Waals surface area contributed by atoms with Crippen LogP contribution in [0.3, 0.4) is 0 Å². The number of nitriles is 1. The fourth-order valence-corrected chi connectivity index (χ4v) is 2.47. The normalized spacial score (nSPS) is 12.8. The number of nitrogens with one attached hydrogen (secondary N) is 1. The van der Waals surface area contributed by atoms with Crippen molar-refractivity contribution in [3.8, 4) is 17.5 Å². The fourth-order valence-electron chi connectivity index (χ4n) is 2.47. The lowest BCUT2D eigenvalue weighted by atomic mass is 10.1. The van der Waals surface area contributed by atoms with E-state index in [9.17, 15) is 0 Å². The van der Waals surface area contributed by atoms with Gasteiger partial charge in [0.25, 0.3) is 0 Å². The standard InChI is InChI=1S/C15H14N4/c1-17-14-8-13(9-16)18-15(19-14)12-6-5-10-3-2-4-11(10)7-12/h5-8H,2-4H2,1H3,(H,17,18,19). The van der Waals surface area contributed by atoms with E-state index in [0.717, 1.165) is 18.4 Å². The highest BCUT2D eigenvalue weighted by atomic mass is 15.0. The van der Waals surface area contributed by atoms with Crippen molar-refractivity contribution in [2.24, 2.45) is 0 Å². The van der Waals surface area contributed by atoms with Crippen LogP contribution in [0.2, 0.25) is 0 Å². The molecule has 0 atom stereocenters. The van der Waals surface area contributed by atoms with Gasteiger partial charge in [0.1, 0.15) is 17.6 Å². The van der Waals surface area contributed by atoms with Gasteiger partial charge in [0.05, 0.1) is 0 Å². The van der Waals surface area contributed by atoms with Crippen molar-refractivity contribution in [1.29, 1.82) is 5.26 Å². The van der Waals surface area contributed by atoms with E-state index < -0.39 is 0 Å². The van der Waals surface area contributed by atoms with Gasteiger partial charge in [-0.15, -0.1) is 0 Å². The van der Waals surface area contributed by atoms with Crippen LogP contribution in [0.4, 0.5) is 5.82 Å². The van der Waals surface area contributed by atoms with Gasteiger partial charge in [0, 0.05) is 18.7 Å². The summed E-state index contributed by atoms with van der Waals surface area (Å²) in [4.78, 5) is 8.71. The molecule has 1 aliphatic rings. The first-order valence-corrected chi connectivity index (χ1v) is 6.39. The van der Waals surface area contributed by atoms with E-state index in [1.165, 1.54) is 17.5 Å². The molecule has 2 aromatic rings. The Kier molecular flexibility index (Phi) is 2.88. The third-order valence-electron chi connectivity index (χ3n) is 3.45. The summed E-state index contributed by atoms with van der Waals surface area (Å²) < 4.78 is 0. The number of nitrogens with zero attached hydrogens (tertiary/aromatic N) is 3. The van der Waals surface area contributed by atoms with Crippen LogP contribution in [0.15, 0.2) is 24.3 Å². The van der Waals surface area contributed by atoms with Gasteiger partial charge in [0.15, 0.2) is 5.82 Å². The molecule has 4 nitrogen and oxygen atoms in total. The third kappa shape index (κ3) is 2.15. The molecule has 1 N–H and O–H groups in total. The maximum atomic E-state index is 9.02. The molecule has 0 amide bonds. The molecule has 0 radical (unpaired) electrons. The Morgan fingerprint density at radius 1 is 1.16 bits per heavy atom. The largest absolute Gasteiger partial charge is 0.373 e. The number of aryl methyl sites for hydroxylation is 2. The molecule has 0 fully saturated rings. The number of fused-ring (bicyclic) bond motifs is 1. The molecule has 4 heteroatoms. The molecule has 0 aliphatic heterocycles. The predicted molar refractivity (Wildman–Crippen MR) is 73.8 cm³/mol. The van der Waals surface area contributed by atoms with Crippen molar-refractivity contribution in [3.05, 3.63) is 41.1 Å². The number of anilines is 1. The van der Waals surface area contributed by atoms with E-state index in [4.69, 9.17) is 5.26 Å². The first-order chi connectivity index (χ1) is 9.30. The molecule has 0 spiro atoms. The van der Waals surface area contributed by atoms with Crippen LogP contribution < -0.4 is 5.32 Å². The maximum absolute atomic E-state index is 9.02.